The molecule has 0 radical (unpaired) electrons. The number of hydrogen-bond acceptors (Lipinski definition) is 2. The summed E-state index contributed by atoms with van der Waals surface area (Å²) in [7, 11) is 0. The molecule has 2 unspecified atom stereocenters. The second-order valence-corrected chi connectivity index (χ2v) is 6.85. The highest BCUT2D eigenvalue weighted by atomic mass is 35.5. The van der Waals surface area contributed by atoms with E-state index < -0.39 is 29.7 Å². The Labute approximate surface area is 153 Å². The van der Waals surface area contributed by atoms with E-state index in [1.807, 2.05) is 0 Å². The summed E-state index contributed by atoms with van der Waals surface area (Å²) in [5.74, 6) is -2.52. The number of primary amides is 1. The summed E-state index contributed by atoms with van der Waals surface area (Å²) in [4.78, 5) is 27.8. The first-order chi connectivity index (χ1) is 12.2. The Kier molecular flexibility index (Phi) is 4.75. The van der Waals surface area contributed by atoms with Gasteiger partial charge in [-0.05, 0) is 25.5 Å². The lowest BCUT2D eigenvalue weighted by Crippen LogP contribution is -2.43. The maximum absolute atomic E-state index is 14.9. The number of rotatable bonds is 3. The molecule has 1 aliphatic heterocycles. The largest absolute Gasteiger partial charge is 0.366 e. The number of likely N-dealkylation sites (tertiary alicyclic amines) is 1. The highest BCUT2D eigenvalue weighted by Gasteiger charge is 2.34. The molecule has 2 heterocycles. The lowest BCUT2D eigenvalue weighted by molar-refractivity contribution is -0.128. The number of carbonyl (C=O) groups excluding carboxylic acids is 2. The molecule has 138 valence electrons. The molecule has 1 aliphatic rings. The van der Waals surface area contributed by atoms with Crippen LogP contribution < -0.4 is 5.73 Å². The number of hydrogen-bond donors (Lipinski definition) is 2. The third kappa shape index (κ3) is 2.96. The molecule has 0 saturated carbocycles. The Morgan fingerprint density at radius 2 is 2.15 bits per heavy atom. The van der Waals surface area contributed by atoms with Gasteiger partial charge in [-0.3, -0.25) is 9.59 Å². The quantitative estimate of drug-likeness (QED) is 0.801. The van der Waals surface area contributed by atoms with E-state index in [4.69, 9.17) is 17.3 Å². The normalized spacial score (nSPS) is 20.4. The van der Waals surface area contributed by atoms with Crippen molar-refractivity contribution in [1.82, 2.24) is 9.88 Å². The molecule has 0 aliphatic carbocycles. The van der Waals surface area contributed by atoms with Crippen LogP contribution in [0, 0.1) is 12.7 Å². The minimum atomic E-state index is -1.30. The number of H-pyrrole nitrogens is 1. The van der Waals surface area contributed by atoms with Gasteiger partial charge in [0.25, 0.3) is 5.91 Å². The number of alkyl halides is 1. The van der Waals surface area contributed by atoms with Crippen molar-refractivity contribution < 1.29 is 18.4 Å². The van der Waals surface area contributed by atoms with Crippen LogP contribution in [0.1, 0.15) is 34.0 Å². The number of carbonyl (C=O) groups is 2. The van der Waals surface area contributed by atoms with E-state index in [2.05, 4.69) is 11.6 Å². The molecule has 0 spiro atoms. The molecule has 3 N–H and O–H groups in total. The average molecular weight is 382 g/mol. The van der Waals surface area contributed by atoms with Gasteiger partial charge in [-0.15, -0.1) is 0 Å². The zero-order valence-electron chi connectivity index (χ0n) is 14.1. The molecule has 1 fully saturated rings. The second kappa shape index (κ2) is 6.72. The van der Waals surface area contributed by atoms with E-state index in [1.165, 1.54) is 4.90 Å². The summed E-state index contributed by atoms with van der Waals surface area (Å²) in [6.07, 6.45) is -0.157. The van der Waals surface area contributed by atoms with Gasteiger partial charge in [0.2, 0.25) is 5.91 Å². The molecular weight excluding hydrogens is 364 g/mol. The van der Waals surface area contributed by atoms with Gasteiger partial charge in [-0.25, -0.2) is 8.78 Å². The summed E-state index contributed by atoms with van der Waals surface area (Å²) in [5, 5.41) is 0.558. The van der Waals surface area contributed by atoms with E-state index in [1.54, 1.807) is 6.92 Å². The van der Waals surface area contributed by atoms with E-state index >= 15 is 0 Å². The third-order valence-corrected chi connectivity index (χ3v) is 5.21. The number of amides is 2. The van der Waals surface area contributed by atoms with Crippen molar-refractivity contribution in [3.8, 4) is 0 Å². The second-order valence-electron chi connectivity index (χ2n) is 6.48. The first-order valence-corrected chi connectivity index (χ1v) is 8.47. The Bertz CT molecular complexity index is 925. The molecule has 0 bridgehead atoms. The first-order valence-electron chi connectivity index (χ1n) is 8.10. The Morgan fingerprint density at radius 1 is 1.46 bits per heavy atom. The van der Waals surface area contributed by atoms with Gasteiger partial charge in [0.05, 0.1) is 22.6 Å². The van der Waals surface area contributed by atoms with Crippen LogP contribution in [0.3, 0.4) is 0 Å². The Morgan fingerprint density at radius 3 is 2.77 bits per heavy atom. The summed E-state index contributed by atoms with van der Waals surface area (Å²) >= 11 is 6.34. The van der Waals surface area contributed by atoms with Crippen LogP contribution in [-0.2, 0) is 4.79 Å². The fraction of sp³-hybridized carbons (Fsp3) is 0.333. The minimum Gasteiger partial charge on any atom is -0.366 e. The monoisotopic (exact) mass is 381 g/mol. The van der Waals surface area contributed by atoms with E-state index in [-0.39, 0.29) is 35.7 Å². The van der Waals surface area contributed by atoms with Gasteiger partial charge in [-0.2, -0.15) is 0 Å². The van der Waals surface area contributed by atoms with Crippen molar-refractivity contribution in [2.75, 3.05) is 13.1 Å². The van der Waals surface area contributed by atoms with Gasteiger partial charge in [0.15, 0.2) is 0 Å². The predicted octanol–water partition coefficient (Wildman–Crippen LogP) is 3.21. The zero-order valence-corrected chi connectivity index (χ0v) is 14.9. The number of nitrogens with two attached hydrogens (primary N) is 1. The topological polar surface area (TPSA) is 79.2 Å². The number of benzene rings is 1. The number of aryl methyl sites for hydroxylation is 1. The zero-order chi connectivity index (χ0) is 19.2. The molecule has 26 heavy (non-hydrogen) atoms. The summed E-state index contributed by atoms with van der Waals surface area (Å²) in [6, 6.07) is 1.04. The number of nitrogens with zero attached hydrogens (tertiary/aromatic N) is 1. The van der Waals surface area contributed by atoms with Crippen molar-refractivity contribution >= 4 is 34.3 Å². The number of halogens is 3. The van der Waals surface area contributed by atoms with Crippen molar-refractivity contribution in [3.63, 3.8) is 0 Å². The predicted molar refractivity (Wildman–Crippen MR) is 95.6 cm³/mol. The number of fused-ring (bicyclic) bond motifs is 1. The van der Waals surface area contributed by atoms with Crippen molar-refractivity contribution in [2.24, 2.45) is 5.73 Å². The molecule has 2 amide bonds. The number of piperidine rings is 1. The van der Waals surface area contributed by atoms with Crippen LogP contribution in [0.4, 0.5) is 8.78 Å². The fourth-order valence-electron chi connectivity index (χ4n) is 3.60. The number of aromatic nitrogens is 1. The SMILES string of the molecule is C=CC(=O)N1CC(F)CC(c2c(F)cc(C(N)=O)c3[nH]c(C)c(Cl)c23)C1. The lowest BCUT2D eigenvalue weighted by atomic mass is 9.86. The highest BCUT2D eigenvalue weighted by Crippen LogP contribution is 2.40. The first kappa shape index (κ1) is 18.4. The summed E-state index contributed by atoms with van der Waals surface area (Å²) in [5.41, 5.74) is 6.37. The van der Waals surface area contributed by atoms with Gasteiger partial charge in [0, 0.05) is 29.1 Å². The molecule has 1 aromatic carbocycles. The molecule has 2 atom stereocenters. The average Bonchev–Trinajstić information content (AvgIpc) is 2.88. The van der Waals surface area contributed by atoms with Gasteiger partial charge in [-0.1, -0.05) is 18.2 Å². The summed E-state index contributed by atoms with van der Waals surface area (Å²) in [6.45, 7) is 5.16. The molecule has 2 aromatic rings. The Balaban J connectivity index is 2.20. The number of nitrogens with one attached hydrogen (secondary N) is 1. The van der Waals surface area contributed by atoms with Gasteiger partial charge < -0.3 is 15.6 Å². The smallest absolute Gasteiger partial charge is 0.250 e. The van der Waals surface area contributed by atoms with E-state index in [0.29, 0.717) is 16.6 Å². The van der Waals surface area contributed by atoms with Crippen LogP contribution in [0.2, 0.25) is 5.02 Å². The molecule has 8 heteroatoms. The minimum absolute atomic E-state index is 0.0251. The van der Waals surface area contributed by atoms with Crippen LogP contribution in [0.25, 0.3) is 10.9 Å². The van der Waals surface area contributed by atoms with Crippen molar-refractivity contribution in [2.45, 2.75) is 25.4 Å². The van der Waals surface area contributed by atoms with Crippen molar-refractivity contribution in [1.29, 1.82) is 0 Å². The molecular formula is C18H18ClF2N3O2. The van der Waals surface area contributed by atoms with Gasteiger partial charge in [0.1, 0.15) is 12.0 Å². The van der Waals surface area contributed by atoms with E-state index in [9.17, 15) is 18.4 Å². The van der Waals surface area contributed by atoms with Crippen molar-refractivity contribution in [3.05, 3.63) is 46.4 Å². The van der Waals surface area contributed by atoms with E-state index in [0.717, 1.165) is 12.1 Å². The number of aromatic amines is 1. The molecule has 3 rings (SSSR count). The Hall–Kier alpha value is -2.41. The maximum Gasteiger partial charge on any atom is 0.250 e. The standard InChI is InChI=1S/C18H18ClF2N3O2/c1-3-13(25)24-6-9(4-10(20)7-24)14-12(21)5-11(18(22)26)17-15(14)16(19)8(2)23-17/h3,5,9-10,23H,1,4,6-7H2,2H3,(H2,22,26). The molecule has 1 aromatic heterocycles. The molecule has 1 saturated heterocycles. The van der Waals surface area contributed by atoms with Gasteiger partial charge >= 0.3 is 0 Å². The fourth-order valence-corrected chi connectivity index (χ4v) is 3.85. The highest BCUT2D eigenvalue weighted by molar-refractivity contribution is 6.37. The van der Waals surface area contributed by atoms with Crippen LogP contribution in [0.5, 0.6) is 0 Å². The molecule has 5 nitrogen and oxygen atoms in total. The van der Waals surface area contributed by atoms with Crippen LogP contribution >= 0.6 is 11.6 Å². The summed E-state index contributed by atoms with van der Waals surface area (Å²) < 4.78 is 29.2. The van der Waals surface area contributed by atoms with Crippen LogP contribution in [0.15, 0.2) is 18.7 Å². The van der Waals surface area contributed by atoms with Crippen LogP contribution in [-0.4, -0.2) is 41.0 Å². The third-order valence-electron chi connectivity index (χ3n) is 4.74. The maximum atomic E-state index is 14.9. The lowest BCUT2D eigenvalue weighted by Gasteiger charge is -2.35.